The molecule has 0 heterocycles. The molecule has 0 aromatic carbocycles. The van der Waals surface area contributed by atoms with Crippen molar-refractivity contribution in [2.75, 3.05) is 0 Å². The summed E-state index contributed by atoms with van der Waals surface area (Å²) in [6.07, 6.45) is 6.50. The Morgan fingerprint density at radius 1 is 1.20 bits per heavy atom. The third-order valence-corrected chi connectivity index (χ3v) is 0.816. The van der Waals surface area contributed by atoms with Gasteiger partial charge in [0.15, 0.2) is 0 Å². The van der Waals surface area contributed by atoms with E-state index >= 15 is 0 Å². The second-order valence-corrected chi connectivity index (χ2v) is 1.22. The Kier molecular flexibility index (Phi) is 3.15. The largest absolute Gasteiger partial charge is 1.00 e. The van der Waals surface area contributed by atoms with Crippen LogP contribution in [0.5, 0.6) is 0 Å². The van der Waals surface area contributed by atoms with Crippen molar-refractivity contribution in [1.29, 1.82) is 0 Å². The van der Waals surface area contributed by atoms with Gasteiger partial charge in [-0.3, -0.25) is 0 Å². The van der Waals surface area contributed by atoms with Gasteiger partial charge in [0.2, 0.25) is 0 Å². The van der Waals surface area contributed by atoms with E-state index in [0.29, 0.717) is 0 Å². The van der Waals surface area contributed by atoms with Gasteiger partial charge in [-0.15, -0.1) is 6.42 Å². The molecule has 1 aliphatic carbocycles. The van der Waals surface area contributed by atoms with E-state index in [0.717, 1.165) is 0 Å². The third-order valence-electron chi connectivity index (χ3n) is 0.816. The summed E-state index contributed by atoms with van der Waals surface area (Å²) in [6.45, 7) is 0. The third kappa shape index (κ3) is 1.47. The fourth-order valence-corrected chi connectivity index (χ4v) is 0.204. The van der Waals surface area contributed by atoms with E-state index in [1.54, 1.807) is 0 Å². The molecular formula is C4H7Li. The molecule has 0 nitrogen and oxygen atoms in total. The summed E-state index contributed by atoms with van der Waals surface area (Å²) in [4.78, 5) is 0. The minimum atomic E-state index is 0. The van der Waals surface area contributed by atoms with Gasteiger partial charge < -0.3 is 6.42 Å². The molecule has 1 aliphatic rings. The molecule has 0 amide bonds. The summed E-state index contributed by atoms with van der Waals surface area (Å²) < 4.78 is 0. The van der Waals surface area contributed by atoms with Crippen LogP contribution in [0.3, 0.4) is 0 Å². The van der Waals surface area contributed by atoms with Crippen molar-refractivity contribution < 1.29 is 18.9 Å². The molecule has 24 valence electrons. The zero-order valence-electron chi connectivity index (χ0n) is 3.70. The summed E-state index contributed by atoms with van der Waals surface area (Å²) in [5.74, 6) is 0. The predicted octanol–water partition coefficient (Wildman–Crippen LogP) is -1.62. The first kappa shape index (κ1) is 5.60. The molecule has 0 aromatic rings. The second kappa shape index (κ2) is 2.81. The number of hydrogen-bond acceptors (Lipinski definition) is 0. The second-order valence-electron chi connectivity index (χ2n) is 1.22. The Labute approximate surface area is 45.1 Å². The predicted molar refractivity (Wildman–Crippen MR) is 18.2 cm³/mol. The normalized spacial score (nSPS) is 19.2. The molecule has 1 heteroatoms. The first-order valence-corrected chi connectivity index (χ1v) is 1.82. The van der Waals surface area contributed by atoms with Crippen LogP contribution in [0.1, 0.15) is 19.3 Å². The quantitative estimate of drug-likeness (QED) is 0.234. The van der Waals surface area contributed by atoms with Crippen molar-refractivity contribution in [3.8, 4) is 0 Å². The van der Waals surface area contributed by atoms with Gasteiger partial charge in [0, 0.05) is 0 Å². The van der Waals surface area contributed by atoms with Crippen molar-refractivity contribution in [2.45, 2.75) is 19.3 Å². The molecule has 0 bridgehead atoms. The van der Waals surface area contributed by atoms with Crippen LogP contribution in [0.15, 0.2) is 0 Å². The van der Waals surface area contributed by atoms with Gasteiger partial charge in [-0.05, 0) is 0 Å². The summed E-state index contributed by atoms with van der Waals surface area (Å²) in [5.41, 5.74) is 0. The van der Waals surface area contributed by atoms with E-state index < -0.39 is 0 Å². The van der Waals surface area contributed by atoms with E-state index in [4.69, 9.17) is 0 Å². The molecule has 0 N–H and O–H groups in total. The molecule has 1 saturated carbocycles. The van der Waals surface area contributed by atoms with Crippen molar-refractivity contribution >= 4 is 0 Å². The van der Waals surface area contributed by atoms with Crippen molar-refractivity contribution in [1.82, 2.24) is 0 Å². The Morgan fingerprint density at radius 3 is 1.40 bits per heavy atom. The average Bonchev–Trinajstić information content (AvgIpc) is 0.722. The van der Waals surface area contributed by atoms with Crippen LogP contribution in [0.4, 0.5) is 0 Å². The molecule has 0 atom stereocenters. The minimum Gasteiger partial charge on any atom is -0.329 e. The zero-order valence-corrected chi connectivity index (χ0v) is 3.70. The van der Waals surface area contributed by atoms with E-state index in [1.807, 2.05) is 0 Å². The van der Waals surface area contributed by atoms with Crippen LogP contribution in [0.2, 0.25) is 0 Å². The van der Waals surface area contributed by atoms with Gasteiger partial charge in [-0.25, -0.2) is 0 Å². The summed E-state index contributed by atoms with van der Waals surface area (Å²) in [7, 11) is 0. The van der Waals surface area contributed by atoms with Gasteiger partial charge >= 0.3 is 18.9 Å². The Hall–Kier alpha value is 0.597. The van der Waals surface area contributed by atoms with Gasteiger partial charge in [0.1, 0.15) is 0 Å². The monoisotopic (exact) mass is 62.1 g/mol. The summed E-state index contributed by atoms with van der Waals surface area (Å²) in [6, 6.07) is 0. The van der Waals surface area contributed by atoms with Gasteiger partial charge in [0.25, 0.3) is 0 Å². The van der Waals surface area contributed by atoms with E-state index in [9.17, 15) is 0 Å². The van der Waals surface area contributed by atoms with E-state index in [-0.39, 0.29) is 18.9 Å². The Morgan fingerprint density at radius 2 is 1.40 bits per heavy atom. The van der Waals surface area contributed by atoms with Crippen LogP contribution in [-0.2, 0) is 0 Å². The van der Waals surface area contributed by atoms with E-state index in [2.05, 4.69) is 6.42 Å². The van der Waals surface area contributed by atoms with Gasteiger partial charge in [-0.1, -0.05) is 0 Å². The first-order chi connectivity index (χ1) is 2.00. The summed E-state index contributed by atoms with van der Waals surface area (Å²) in [5, 5.41) is 0. The van der Waals surface area contributed by atoms with E-state index in [1.165, 1.54) is 19.3 Å². The van der Waals surface area contributed by atoms with Crippen LogP contribution < -0.4 is 18.9 Å². The van der Waals surface area contributed by atoms with Crippen molar-refractivity contribution in [2.24, 2.45) is 0 Å². The van der Waals surface area contributed by atoms with Crippen molar-refractivity contribution in [3.63, 3.8) is 0 Å². The fourth-order valence-electron chi connectivity index (χ4n) is 0.204. The molecule has 0 radical (unpaired) electrons. The maximum absolute atomic E-state index is 2.31. The van der Waals surface area contributed by atoms with Crippen LogP contribution in [-0.4, -0.2) is 0 Å². The molecule has 1 rings (SSSR count). The van der Waals surface area contributed by atoms with Crippen LogP contribution in [0.25, 0.3) is 0 Å². The maximum atomic E-state index is 2.31. The fraction of sp³-hybridized carbons (Fsp3) is 0.750. The average molecular weight is 62.0 g/mol. The molecule has 0 aliphatic heterocycles. The summed E-state index contributed by atoms with van der Waals surface area (Å²) >= 11 is 0. The van der Waals surface area contributed by atoms with Crippen molar-refractivity contribution in [3.05, 3.63) is 6.42 Å². The molecule has 5 heavy (non-hydrogen) atoms. The molecule has 1 fully saturated rings. The molecule has 0 aromatic heterocycles. The maximum Gasteiger partial charge on any atom is 1.00 e. The SMILES string of the molecule is [CH-]1CCC1.[Li+]. The van der Waals surface area contributed by atoms with Gasteiger partial charge in [-0.2, -0.15) is 12.8 Å². The zero-order chi connectivity index (χ0) is 2.83. The molecule has 0 saturated heterocycles. The van der Waals surface area contributed by atoms with Crippen LogP contribution >= 0.6 is 0 Å². The molecule has 0 spiro atoms. The smallest absolute Gasteiger partial charge is 0.329 e. The minimum absolute atomic E-state index is 0. The standard InChI is InChI=1S/C4H7.Li/c1-2-4-3-1;/h1H,2-4H2;/q-1;+1. The number of hydrogen-bond donors (Lipinski definition) is 0. The Bertz CT molecular complexity index is 11.6. The molecular weight excluding hydrogens is 55.0 g/mol. The first-order valence-electron chi connectivity index (χ1n) is 1.82. The topological polar surface area (TPSA) is 0 Å². The van der Waals surface area contributed by atoms with Gasteiger partial charge in [0.05, 0.1) is 0 Å². The Balaban J connectivity index is 0.000000160. The van der Waals surface area contributed by atoms with Crippen LogP contribution in [0, 0.1) is 6.42 Å². The number of rotatable bonds is 0. The molecule has 0 unspecified atom stereocenters.